The molecule has 1 aromatic heterocycles. The standard InChI is InChI=1S/C11H10ClFN2O/c1-15-6-5-9(14-15)11(16)7-3-2-4-8(12)10(7)13/h2-6,11,16H,1H3. The summed E-state index contributed by atoms with van der Waals surface area (Å²) in [6.45, 7) is 0. The molecule has 0 aliphatic carbocycles. The predicted octanol–water partition coefficient (Wildman–Crippen LogP) is 2.29. The molecule has 0 amide bonds. The van der Waals surface area contributed by atoms with E-state index in [4.69, 9.17) is 11.6 Å². The molecule has 0 saturated carbocycles. The second-order valence-corrected chi connectivity index (χ2v) is 3.87. The van der Waals surface area contributed by atoms with Crippen LogP contribution in [0.25, 0.3) is 0 Å². The maximum Gasteiger partial charge on any atom is 0.147 e. The first-order chi connectivity index (χ1) is 7.59. The van der Waals surface area contributed by atoms with Crippen LogP contribution in [0, 0.1) is 5.82 Å². The molecular weight excluding hydrogens is 231 g/mol. The van der Waals surface area contributed by atoms with Crippen LogP contribution in [-0.4, -0.2) is 14.9 Å². The summed E-state index contributed by atoms with van der Waals surface area (Å²) in [4.78, 5) is 0. The van der Waals surface area contributed by atoms with Crippen molar-refractivity contribution in [2.75, 3.05) is 0 Å². The molecule has 0 aliphatic heterocycles. The van der Waals surface area contributed by atoms with Crippen LogP contribution in [0.15, 0.2) is 30.5 Å². The summed E-state index contributed by atoms with van der Waals surface area (Å²) in [6.07, 6.45) is 0.584. The predicted molar refractivity (Wildman–Crippen MR) is 58.7 cm³/mol. The molecule has 1 heterocycles. The Morgan fingerprint density at radius 3 is 2.81 bits per heavy atom. The van der Waals surface area contributed by atoms with Crippen molar-refractivity contribution in [3.05, 3.63) is 52.6 Å². The van der Waals surface area contributed by atoms with Crippen molar-refractivity contribution < 1.29 is 9.50 Å². The molecule has 1 unspecified atom stereocenters. The van der Waals surface area contributed by atoms with Crippen molar-refractivity contribution in [2.24, 2.45) is 7.05 Å². The Kier molecular flexibility index (Phi) is 2.94. The number of aliphatic hydroxyl groups excluding tert-OH is 1. The number of rotatable bonds is 2. The summed E-state index contributed by atoms with van der Waals surface area (Å²) in [5.41, 5.74) is 0.523. The average Bonchev–Trinajstić information content (AvgIpc) is 2.68. The van der Waals surface area contributed by atoms with Gasteiger partial charge in [-0.3, -0.25) is 4.68 Å². The maximum atomic E-state index is 13.6. The lowest BCUT2D eigenvalue weighted by molar-refractivity contribution is 0.209. The highest BCUT2D eigenvalue weighted by atomic mass is 35.5. The molecule has 5 heteroatoms. The molecule has 0 bridgehead atoms. The van der Waals surface area contributed by atoms with Crippen LogP contribution in [-0.2, 0) is 7.05 Å². The van der Waals surface area contributed by atoms with Gasteiger partial charge in [0.25, 0.3) is 0 Å². The number of benzene rings is 1. The average molecular weight is 241 g/mol. The lowest BCUT2D eigenvalue weighted by Crippen LogP contribution is -2.04. The Hall–Kier alpha value is -1.39. The zero-order valence-corrected chi connectivity index (χ0v) is 9.32. The van der Waals surface area contributed by atoms with E-state index in [2.05, 4.69) is 5.10 Å². The topological polar surface area (TPSA) is 38.0 Å². The van der Waals surface area contributed by atoms with Crippen molar-refractivity contribution in [1.29, 1.82) is 0 Å². The third-order valence-corrected chi connectivity index (χ3v) is 2.58. The maximum absolute atomic E-state index is 13.6. The minimum Gasteiger partial charge on any atom is -0.382 e. The molecule has 84 valence electrons. The smallest absolute Gasteiger partial charge is 0.147 e. The van der Waals surface area contributed by atoms with Crippen LogP contribution in [0.1, 0.15) is 17.4 Å². The van der Waals surface area contributed by atoms with Gasteiger partial charge in [-0.25, -0.2) is 4.39 Å². The van der Waals surface area contributed by atoms with E-state index < -0.39 is 11.9 Å². The summed E-state index contributed by atoms with van der Waals surface area (Å²) in [7, 11) is 1.73. The number of halogens is 2. The zero-order valence-electron chi connectivity index (χ0n) is 8.56. The monoisotopic (exact) mass is 240 g/mol. The largest absolute Gasteiger partial charge is 0.382 e. The van der Waals surface area contributed by atoms with E-state index in [0.29, 0.717) is 5.69 Å². The van der Waals surface area contributed by atoms with Crippen LogP contribution in [0.3, 0.4) is 0 Å². The van der Waals surface area contributed by atoms with Crippen molar-refractivity contribution >= 4 is 11.6 Å². The van der Waals surface area contributed by atoms with Crippen LogP contribution in [0.2, 0.25) is 5.02 Å². The van der Waals surface area contributed by atoms with E-state index in [1.165, 1.54) is 12.1 Å². The van der Waals surface area contributed by atoms with Crippen LogP contribution < -0.4 is 0 Å². The number of aromatic nitrogens is 2. The van der Waals surface area contributed by atoms with Gasteiger partial charge in [0.05, 0.1) is 10.7 Å². The van der Waals surface area contributed by atoms with E-state index in [0.717, 1.165) is 0 Å². The molecule has 2 aromatic rings. The van der Waals surface area contributed by atoms with E-state index in [1.807, 2.05) is 0 Å². The van der Waals surface area contributed by atoms with E-state index in [1.54, 1.807) is 30.1 Å². The highest BCUT2D eigenvalue weighted by Crippen LogP contribution is 2.26. The van der Waals surface area contributed by atoms with Gasteiger partial charge in [0.15, 0.2) is 0 Å². The van der Waals surface area contributed by atoms with E-state index in [-0.39, 0.29) is 10.6 Å². The van der Waals surface area contributed by atoms with Gasteiger partial charge in [-0.2, -0.15) is 5.10 Å². The first-order valence-electron chi connectivity index (χ1n) is 4.71. The molecule has 0 saturated heterocycles. The Morgan fingerprint density at radius 1 is 1.44 bits per heavy atom. The highest BCUT2D eigenvalue weighted by molar-refractivity contribution is 6.30. The number of hydrogen-bond donors (Lipinski definition) is 1. The second kappa shape index (κ2) is 4.23. The van der Waals surface area contributed by atoms with Gasteiger partial charge in [0, 0.05) is 18.8 Å². The lowest BCUT2D eigenvalue weighted by atomic mass is 10.1. The summed E-state index contributed by atoms with van der Waals surface area (Å²) in [5.74, 6) is -0.609. The second-order valence-electron chi connectivity index (χ2n) is 3.46. The van der Waals surface area contributed by atoms with Gasteiger partial charge >= 0.3 is 0 Å². The number of hydrogen-bond acceptors (Lipinski definition) is 2. The van der Waals surface area contributed by atoms with Gasteiger partial charge in [0.1, 0.15) is 11.9 Å². The highest BCUT2D eigenvalue weighted by Gasteiger charge is 2.18. The number of aliphatic hydroxyl groups is 1. The molecule has 1 N–H and O–H groups in total. The van der Waals surface area contributed by atoms with E-state index in [9.17, 15) is 9.50 Å². The fourth-order valence-electron chi connectivity index (χ4n) is 1.47. The lowest BCUT2D eigenvalue weighted by Gasteiger charge is -2.09. The Morgan fingerprint density at radius 2 is 2.19 bits per heavy atom. The van der Waals surface area contributed by atoms with Crippen LogP contribution in [0.5, 0.6) is 0 Å². The minimum atomic E-state index is -1.10. The number of nitrogens with zero attached hydrogens (tertiary/aromatic N) is 2. The molecule has 0 fully saturated rings. The molecular formula is C11H10ClFN2O. The summed E-state index contributed by atoms with van der Waals surface area (Å²) < 4.78 is 15.2. The Labute approximate surface area is 97.1 Å². The first kappa shape index (κ1) is 11.1. The third kappa shape index (κ3) is 1.94. The minimum absolute atomic E-state index is 0.00696. The summed E-state index contributed by atoms with van der Waals surface area (Å²) in [6, 6.07) is 6.14. The molecule has 0 radical (unpaired) electrons. The van der Waals surface area contributed by atoms with Gasteiger partial charge in [-0.1, -0.05) is 23.7 Å². The fraction of sp³-hybridized carbons (Fsp3) is 0.182. The van der Waals surface area contributed by atoms with Gasteiger partial charge in [-0.15, -0.1) is 0 Å². The quantitative estimate of drug-likeness (QED) is 0.875. The van der Waals surface area contributed by atoms with Crippen molar-refractivity contribution in [2.45, 2.75) is 6.10 Å². The summed E-state index contributed by atoms with van der Waals surface area (Å²) in [5, 5.41) is 13.9. The Balaban J connectivity index is 2.41. The van der Waals surface area contributed by atoms with Crippen molar-refractivity contribution in [3.63, 3.8) is 0 Å². The molecule has 0 spiro atoms. The SMILES string of the molecule is Cn1ccc(C(O)c2cccc(Cl)c2F)n1. The van der Waals surface area contributed by atoms with Gasteiger partial charge < -0.3 is 5.11 Å². The molecule has 2 rings (SSSR count). The third-order valence-electron chi connectivity index (χ3n) is 2.29. The Bertz CT molecular complexity index is 512. The molecule has 3 nitrogen and oxygen atoms in total. The normalized spacial score (nSPS) is 12.8. The van der Waals surface area contributed by atoms with Crippen LogP contribution >= 0.6 is 11.6 Å². The summed E-state index contributed by atoms with van der Waals surface area (Å²) >= 11 is 5.64. The molecule has 0 aliphatic rings. The van der Waals surface area contributed by atoms with Crippen molar-refractivity contribution in [3.8, 4) is 0 Å². The van der Waals surface area contributed by atoms with E-state index >= 15 is 0 Å². The molecule has 1 aromatic carbocycles. The molecule has 16 heavy (non-hydrogen) atoms. The fourth-order valence-corrected chi connectivity index (χ4v) is 1.65. The first-order valence-corrected chi connectivity index (χ1v) is 5.09. The number of aryl methyl sites for hydroxylation is 1. The zero-order chi connectivity index (χ0) is 11.7. The van der Waals surface area contributed by atoms with Crippen molar-refractivity contribution in [1.82, 2.24) is 9.78 Å². The van der Waals surface area contributed by atoms with Gasteiger partial charge in [-0.05, 0) is 12.1 Å². The van der Waals surface area contributed by atoms with Gasteiger partial charge in [0.2, 0.25) is 0 Å². The van der Waals surface area contributed by atoms with Crippen LogP contribution in [0.4, 0.5) is 4.39 Å². The molecule has 1 atom stereocenters.